The monoisotopic (exact) mass is 327 g/mol. The smallest absolute Gasteiger partial charge is 0.235 e. The summed E-state index contributed by atoms with van der Waals surface area (Å²) in [5.74, 6) is 0.952. The minimum atomic E-state index is 0.845. The summed E-state index contributed by atoms with van der Waals surface area (Å²) in [5.41, 5.74) is 3.76. The Morgan fingerprint density at radius 2 is 1.87 bits per heavy atom. The molecule has 1 aliphatic rings. The van der Waals surface area contributed by atoms with E-state index < -0.39 is 0 Å². The number of rotatable bonds is 3. The first-order valence-electron chi connectivity index (χ1n) is 8.22. The van der Waals surface area contributed by atoms with Crippen molar-refractivity contribution in [1.29, 1.82) is 0 Å². The van der Waals surface area contributed by atoms with Gasteiger partial charge in [0.25, 0.3) is 0 Å². The summed E-state index contributed by atoms with van der Waals surface area (Å²) in [6.07, 6.45) is 3.92. The van der Waals surface area contributed by atoms with Gasteiger partial charge in [-0.25, -0.2) is 0 Å². The molecule has 2 aromatic heterocycles. The van der Waals surface area contributed by atoms with Crippen molar-refractivity contribution >= 4 is 16.3 Å². The molecule has 0 amide bonds. The molecule has 0 aliphatic carbocycles. The van der Waals surface area contributed by atoms with E-state index in [0.29, 0.717) is 0 Å². The zero-order valence-electron chi connectivity index (χ0n) is 13.6. The number of hydrogen-bond donors (Lipinski definition) is 0. The Labute approximate surface area is 140 Å². The zero-order valence-corrected chi connectivity index (χ0v) is 14.4. The number of aryl methyl sites for hydroxylation is 2. The molecule has 1 aromatic carbocycles. The van der Waals surface area contributed by atoms with E-state index in [1.54, 1.807) is 11.3 Å². The van der Waals surface area contributed by atoms with Crippen LogP contribution in [0.25, 0.3) is 15.5 Å². The largest absolute Gasteiger partial charge is 0.296 e. The number of benzene rings is 1. The average molecular weight is 327 g/mol. The fourth-order valence-corrected chi connectivity index (χ4v) is 3.92. The lowest BCUT2D eigenvalue weighted by molar-refractivity contribution is 0.214. The van der Waals surface area contributed by atoms with Crippen LogP contribution in [-0.4, -0.2) is 37.8 Å². The molecule has 120 valence electrons. The van der Waals surface area contributed by atoms with Crippen LogP contribution < -0.4 is 0 Å². The highest BCUT2D eigenvalue weighted by Crippen LogP contribution is 2.27. The molecule has 0 saturated carbocycles. The van der Waals surface area contributed by atoms with Gasteiger partial charge in [0.2, 0.25) is 4.96 Å². The van der Waals surface area contributed by atoms with Gasteiger partial charge in [-0.2, -0.15) is 9.61 Å². The Morgan fingerprint density at radius 3 is 2.65 bits per heavy atom. The normalized spacial score (nSPS) is 16.3. The van der Waals surface area contributed by atoms with Crippen LogP contribution in [0.5, 0.6) is 0 Å². The predicted octanol–water partition coefficient (Wildman–Crippen LogP) is 3.46. The van der Waals surface area contributed by atoms with Crippen molar-refractivity contribution in [2.75, 3.05) is 13.1 Å². The van der Waals surface area contributed by atoms with Crippen LogP contribution in [-0.2, 0) is 6.54 Å². The number of nitrogens with zero attached hydrogens (tertiary/aromatic N) is 5. The summed E-state index contributed by atoms with van der Waals surface area (Å²) in [4.78, 5) is 3.33. The van der Waals surface area contributed by atoms with E-state index in [9.17, 15) is 0 Å². The third-order valence-corrected chi connectivity index (χ3v) is 5.57. The summed E-state index contributed by atoms with van der Waals surface area (Å²) in [6, 6.07) is 6.49. The molecule has 4 rings (SSSR count). The predicted molar refractivity (Wildman–Crippen MR) is 92.7 cm³/mol. The van der Waals surface area contributed by atoms with E-state index in [1.807, 2.05) is 4.52 Å². The molecule has 1 aliphatic heterocycles. The average Bonchev–Trinajstić information content (AvgIpc) is 3.13. The van der Waals surface area contributed by atoms with Gasteiger partial charge in [-0.15, -0.1) is 10.2 Å². The fourth-order valence-electron chi connectivity index (χ4n) is 3.06. The Bertz CT molecular complexity index is 829. The molecule has 0 N–H and O–H groups in total. The zero-order chi connectivity index (χ0) is 15.8. The molecular weight excluding hydrogens is 306 g/mol. The highest BCUT2D eigenvalue weighted by molar-refractivity contribution is 7.19. The third-order valence-electron chi connectivity index (χ3n) is 4.62. The first kappa shape index (κ1) is 14.8. The molecule has 0 unspecified atom stereocenters. The van der Waals surface area contributed by atoms with Crippen LogP contribution in [0.1, 0.15) is 36.2 Å². The van der Waals surface area contributed by atoms with Crippen LogP contribution in [0.2, 0.25) is 0 Å². The maximum atomic E-state index is 4.76. The Kier molecular flexibility index (Phi) is 3.87. The van der Waals surface area contributed by atoms with Gasteiger partial charge in [-0.3, -0.25) is 4.90 Å². The van der Waals surface area contributed by atoms with Crippen LogP contribution in [0.3, 0.4) is 0 Å². The van der Waals surface area contributed by atoms with Gasteiger partial charge in [0.15, 0.2) is 5.82 Å². The van der Waals surface area contributed by atoms with Crippen LogP contribution >= 0.6 is 11.3 Å². The van der Waals surface area contributed by atoms with Gasteiger partial charge in [0.1, 0.15) is 5.01 Å². The van der Waals surface area contributed by atoms with E-state index in [-0.39, 0.29) is 0 Å². The van der Waals surface area contributed by atoms with E-state index in [4.69, 9.17) is 5.10 Å². The molecule has 3 aromatic rings. The summed E-state index contributed by atoms with van der Waals surface area (Å²) in [7, 11) is 0. The van der Waals surface area contributed by atoms with Crippen LogP contribution in [0.4, 0.5) is 0 Å². The number of hydrogen-bond acceptors (Lipinski definition) is 5. The van der Waals surface area contributed by atoms with Gasteiger partial charge >= 0.3 is 0 Å². The van der Waals surface area contributed by atoms with Crippen molar-refractivity contribution < 1.29 is 0 Å². The molecule has 1 saturated heterocycles. The van der Waals surface area contributed by atoms with E-state index in [2.05, 4.69) is 47.1 Å². The molecule has 0 spiro atoms. The molecule has 6 heteroatoms. The molecule has 3 heterocycles. The van der Waals surface area contributed by atoms with Crippen molar-refractivity contribution in [3.8, 4) is 10.6 Å². The SMILES string of the molecule is Cc1ccc(-c2nn3c(CN4CCCCC4)nnc3s2)cc1C. The van der Waals surface area contributed by atoms with Crippen molar-refractivity contribution in [3.05, 3.63) is 35.2 Å². The summed E-state index contributed by atoms with van der Waals surface area (Å²) in [5, 5.41) is 14.4. The van der Waals surface area contributed by atoms with Crippen molar-refractivity contribution in [2.45, 2.75) is 39.7 Å². The van der Waals surface area contributed by atoms with Crippen LogP contribution in [0.15, 0.2) is 18.2 Å². The van der Waals surface area contributed by atoms with E-state index in [0.717, 1.165) is 41.0 Å². The molecule has 0 radical (unpaired) electrons. The molecule has 5 nitrogen and oxygen atoms in total. The lowest BCUT2D eigenvalue weighted by atomic mass is 10.1. The lowest BCUT2D eigenvalue weighted by Gasteiger charge is -2.25. The number of piperidine rings is 1. The molecular formula is C17H21N5S. The highest BCUT2D eigenvalue weighted by atomic mass is 32.1. The van der Waals surface area contributed by atoms with E-state index in [1.165, 1.54) is 30.4 Å². The second-order valence-electron chi connectivity index (χ2n) is 6.35. The summed E-state index contributed by atoms with van der Waals surface area (Å²) < 4.78 is 1.92. The van der Waals surface area contributed by atoms with Crippen molar-refractivity contribution in [2.24, 2.45) is 0 Å². The quantitative estimate of drug-likeness (QED) is 0.739. The first-order chi connectivity index (χ1) is 11.2. The van der Waals surface area contributed by atoms with Crippen LogP contribution in [0, 0.1) is 13.8 Å². The van der Waals surface area contributed by atoms with Crippen molar-refractivity contribution in [3.63, 3.8) is 0 Å². The maximum Gasteiger partial charge on any atom is 0.235 e. The van der Waals surface area contributed by atoms with Crippen molar-refractivity contribution in [1.82, 2.24) is 24.7 Å². The van der Waals surface area contributed by atoms with Gasteiger partial charge in [0, 0.05) is 5.56 Å². The maximum absolute atomic E-state index is 4.76. The molecule has 0 bridgehead atoms. The summed E-state index contributed by atoms with van der Waals surface area (Å²) >= 11 is 1.61. The molecule has 23 heavy (non-hydrogen) atoms. The number of aromatic nitrogens is 4. The molecule has 1 fully saturated rings. The second kappa shape index (κ2) is 6.02. The number of fused-ring (bicyclic) bond motifs is 1. The standard InChI is InChI=1S/C17H21N5S/c1-12-6-7-14(10-13(12)2)16-20-22-15(18-19-17(22)23-16)11-21-8-4-3-5-9-21/h6-7,10H,3-5,8-9,11H2,1-2H3. The topological polar surface area (TPSA) is 46.3 Å². The van der Waals surface area contributed by atoms with E-state index >= 15 is 0 Å². The highest BCUT2D eigenvalue weighted by Gasteiger charge is 2.17. The van der Waals surface area contributed by atoms with Gasteiger partial charge < -0.3 is 0 Å². The Morgan fingerprint density at radius 1 is 1.04 bits per heavy atom. The van der Waals surface area contributed by atoms with Gasteiger partial charge in [-0.1, -0.05) is 29.9 Å². The van der Waals surface area contributed by atoms with Gasteiger partial charge in [-0.05, 0) is 57.0 Å². The minimum absolute atomic E-state index is 0.845. The third kappa shape index (κ3) is 2.88. The second-order valence-corrected chi connectivity index (χ2v) is 7.31. The Hall–Kier alpha value is -1.79. The van der Waals surface area contributed by atoms with Gasteiger partial charge in [0.05, 0.1) is 6.54 Å². The lowest BCUT2D eigenvalue weighted by Crippen LogP contribution is -2.30. The Balaban J connectivity index is 1.64. The molecule has 0 atom stereocenters. The fraction of sp³-hybridized carbons (Fsp3) is 0.471. The number of likely N-dealkylation sites (tertiary alicyclic amines) is 1. The first-order valence-corrected chi connectivity index (χ1v) is 9.03. The summed E-state index contributed by atoms with van der Waals surface area (Å²) in [6.45, 7) is 7.43. The minimum Gasteiger partial charge on any atom is -0.296 e.